The van der Waals surface area contributed by atoms with Crippen molar-refractivity contribution in [3.8, 4) is 0 Å². The zero-order valence-electron chi connectivity index (χ0n) is 17.3. The van der Waals surface area contributed by atoms with Crippen molar-refractivity contribution in [1.82, 2.24) is 0 Å². The van der Waals surface area contributed by atoms with Gasteiger partial charge in [-0.25, -0.2) is 0 Å². The summed E-state index contributed by atoms with van der Waals surface area (Å²) in [5.41, 5.74) is 2.45. The SMILES string of the molecule is C=C[C@H]1C[N+]2(Cc3ccccc3)CC[C@H]1C[C@@H]2[C@H](O)c1cccc2ccccc12.[Br-]. The summed E-state index contributed by atoms with van der Waals surface area (Å²) in [7, 11) is 0. The zero-order chi connectivity index (χ0) is 19.8. The van der Waals surface area contributed by atoms with Crippen molar-refractivity contribution in [1.29, 1.82) is 0 Å². The molecule has 2 bridgehead atoms. The van der Waals surface area contributed by atoms with Crippen LogP contribution in [0.25, 0.3) is 10.8 Å². The van der Waals surface area contributed by atoms with Crippen molar-refractivity contribution >= 4 is 10.8 Å². The lowest BCUT2D eigenvalue weighted by molar-refractivity contribution is -0.984. The highest BCUT2D eigenvalue weighted by Gasteiger charge is 2.53. The second-order valence-electron chi connectivity index (χ2n) is 9.03. The second kappa shape index (κ2) is 8.66. The molecule has 0 aliphatic carbocycles. The highest BCUT2D eigenvalue weighted by Crippen LogP contribution is 2.48. The molecule has 0 saturated carbocycles. The predicted octanol–water partition coefficient (Wildman–Crippen LogP) is 2.49. The van der Waals surface area contributed by atoms with Gasteiger partial charge in [0.05, 0.1) is 13.1 Å². The first kappa shape index (κ1) is 21.3. The summed E-state index contributed by atoms with van der Waals surface area (Å²) in [5, 5.41) is 14.1. The van der Waals surface area contributed by atoms with Crippen LogP contribution in [0.4, 0.5) is 0 Å². The molecule has 6 rings (SSSR count). The Bertz CT molecular complexity index is 1010. The van der Waals surface area contributed by atoms with Crippen LogP contribution in [0.5, 0.6) is 0 Å². The van der Waals surface area contributed by atoms with Gasteiger partial charge in [0, 0.05) is 24.3 Å². The molecule has 156 valence electrons. The van der Waals surface area contributed by atoms with E-state index < -0.39 is 6.10 Å². The Hall–Kier alpha value is -1.94. The van der Waals surface area contributed by atoms with Crippen LogP contribution in [0.3, 0.4) is 0 Å². The fraction of sp³-hybridized carbons (Fsp3) is 0.333. The van der Waals surface area contributed by atoms with Crippen LogP contribution >= 0.6 is 0 Å². The molecule has 3 aromatic rings. The topological polar surface area (TPSA) is 20.2 Å². The molecule has 3 aromatic carbocycles. The minimum Gasteiger partial charge on any atom is -1.00 e. The first-order valence-corrected chi connectivity index (χ1v) is 10.9. The van der Waals surface area contributed by atoms with Gasteiger partial charge in [0.2, 0.25) is 0 Å². The maximum Gasteiger partial charge on any atom is 0.131 e. The lowest BCUT2D eigenvalue weighted by Gasteiger charge is -2.58. The first-order valence-electron chi connectivity index (χ1n) is 10.9. The number of halogens is 1. The number of nitrogens with zero attached hydrogens (tertiary/aromatic N) is 1. The monoisotopic (exact) mass is 463 g/mol. The summed E-state index contributed by atoms with van der Waals surface area (Å²) in [5.74, 6) is 1.21. The third-order valence-electron chi connectivity index (χ3n) is 7.52. The van der Waals surface area contributed by atoms with Crippen molar-refractivity contribution in [2.24, 2.45) is 11.8 Å². The van der Waals surface area contributed by atoms with Gasteiger partial charge >= 0.3 is 0 Å². The number of hydrogen-bond donors (Lipinski definition) is 1. The van der Waals surface area contributed by atoms with Crippen molar-refractivity contribution in [3.63, 3.8) is 0 Å². The van der Waals surface area contributed by atoms with Crippen LogP contribution in [0.15, 0.2) is 85.5 Å². The average molecular weight is 464 g/mol. The summed E-state index contributed by atoms with van der Waals surface area (Å²) in [6, 6.07) is 25.8. The van der Waals surface area contributed by atoms with E-state index in [1.54, 1.807) is 0 Å². The van der Waals surface area contributed by atoms with Crippen LogP contribution < -0.4 is 17.0 Å². The molecule has 0 radical (unpaired) electrons. The van der Waals surface area contributed by atoms with Crippen molar-refractivity contribution in [2.75, 3.05) is 13.1 Å². The Morgan fingerprint density at radius 2 is 1.73 bits per heavy atom. The quantitative estimate of drug-likeness (QED) is 0.455. The Labute approximate surface area is 190 Å². The molecular formula is C27H30BrNO. The maximum atomic E-state index is 11.7. The molecule has 3 aliphatic heterocycles. The van der Waals surface area contributed by atoms with E-state index in [-0.39, 0.29) is 23.0 Å². The van der Waals surface area contributed by atoms with E-state index in [0.29, 0.717) is 11.8 Å². The summed E-state index contributed by atoms with van der Waals surface area (Å²) in [4.78, 5) is 0. The van der Waals surface area contributed by atoms with E-state index in [0.717, 1.165) is 36.1 Å². The van der Waals surface area contributed by atoms with Gasteiger partial charge in [-0.05, 0) is 22.3 Å². The molecule has 3 heterocycles. The molecule has 0 spiro atoms. The Morgan fingerprint density at radius 3 is 2.53 bits per heavy atom. The van der Waals surface area contributed by atoms with Crippen molar-refractivity contribution in [2.45, 2.75) is 31.5 Å². The zero-order valence-corrected chi connectivity index (χ0v) is 18.9. The fourth-order valence-electron chi connectivity index (χ4n) is 6.04. The molecule has 3 fully saturated rings. The van der Waals surface area contributed by atoms with E-state index in [9.17, 15) is 5.11 Å². The van der Waals surface area contributed by atoms with E-state index >= 15 is 0 Å². The highest BCUT2D eigenvalue weighted by atomic mass is 79.9. The maximum absolute atomic E-state index is 11.7. The largest absolute Gasteiger partial charge is 1.00 e. The van der Waals surface area contributed by atoms with Gasteiger partial charge in [0.25, 0.3) is 0 Å². The molecular weight excluding hydrogens is 434 g/mol. The summed E-state index contributed by atoms with van der Waals surface area (Å²) in [6.45, 7) is 7.37. The summed E-state index contributed by atoms with van der Waals surface area (Å²) < 4.78 is 0.974. The Kier molecular flexibility index (Phi) is 6.15. The molecule has 30 heavy (non-hydrogen) atoms. The van der Waals surface area contributed by atoms with Gasteiger partial charge in [0.15, 0.2) is 0 Å². The minimum absolute atomic E-state index is 0. The molecule has 5 atom stereocenters. The number of benzene rings is 3. The van der Waals surface area contributed by atoms with Crippen molar-refractivity contribution in [3.05, 3.63) is 96.6 Å². The standard InChI is InChI=1S/C27H30NO.BrH/c1-2-21-19-28(18-20-9-4-3-5-10-20)16-15-23(21)17-26(28)27(29)25-14-8-12-22-11-6-7-13-24(22)25;/h2-14,21,23,26-27,29H,1,15-19H2;1H/q+1;/p-1/t21-,23-,26+,27+,28?;/m0./s1. The summed E-state index contributed by atoms with van der Waals surface area (Å²) >= 11 is 0. The van der Waals surface area contributed by atoms with Crippen LogP contribution in [-0.2, 0) is 6.54 Å². The van der Waals surface area contributed by atoms with Gasteiger partial charge in [-0.3, -0.25) is 0 Å². The molecule has 1 N–H and O–H groups in total. The van der Waals surface area contributed by atoms with E-state index in [4.69, 9.17) is 0 Å². The number of aliphatic hydroxyl groups is 1. The third kappa shape index (κ3) is 3.64. The Balaban J connectivity index is 0.00000218. The fourth-order valence-corrected chi connectivity index (χ4v) is 6.04. The third-order valence-corrected chi connectivity index (χ3v) is 7.52. The van der Waals surface area contributed by atoms with Crippen LogP contribution in [0.2, 0.25) is 0 Å². The molecule has 3 saturated heterocycles. The lowest BCUT2D eigenvalue weighted by atomic mass is 9.71. The number of quaternary nitrogens is 1. The molecule has 3 heteroatoms. The molecule has 3 aliphatic rings. The number of rotatable bonds is 5. The van der Waals surface area contributed by atoms with Crippen LogP contribution in [0, 0.1) is 11.8 Å². The predicted molar refractivity (Wildman–Crippen MR) is 119 cm³/mol. The van der Waals surface area contributed by atoms with E-state index in [2.05, 4.69) is 85.5 Å². The van der Waals surface area contributed by atoms with Gasteiger partial charge in [-0.15, -0.1) is 6.58 Å². The van der Waals surface area contributed by atoms with Gasteiger partial charge in [-0.2, -0.15) is 0 Å². The van der Waals surface area contributed by atoms with Crippen LogP contribution in [-0.4, -0.2) is 28.7 Å². The molecule has 1 unspecified atom stereocenters. The number of aliphatic hydroxyl groups excluding tert-OH is 1. The van der Waals surface area contributed by atoms with E-state index in [1.165, 1.54) is 22.8 Å². The van der Waals surface area contributed by atoms with Gasteiger partial charge in [0.1, 0.15) is 18.7 Å². The smallest absolute Gasteiger partial charge is 0.131 e. The first-order chi connectivity index (χ1) is 14.2. The van der Waals surface area contributed by atoms with Crippen molar-refractivity contribution < 1.29 is 26.6 Å². The number of piperidine rings is 3. The summed E-state index contributed by atoms with van der Waals surface area (Å²) in [6.07, 6.45) is 4.04. The van der Waals surface area contributed by atoms with E-state index in [1.807, 2.05) is 0 Å². The van der Waals surface area contributed by atoms with Crippen LogP contribution in [0.1, 0.15) is 30.1 Å². The van der Waals surface area contributed by atoms with Gasteiger partial charge < -0.3 is 26.6 Å². The normalized spacial score (nSPS) is 28.6. The minimum atomic E-state index is -0.446. The lowest BCUT2D eigenvalue weighted by Crippen LogP contribution is -3.00. The average Bonchev–Trinajstić information content (AvgIpc) is 2.78. The second-order valence-corrected chi connectivity index (χ2v) is 9.03. The molecule has 0 amide bonds. The molecule has 2 nitrogen and oxygen atoms in total. The Morgan fingerprint density at radius 1 is 1.00 bits per heavy atom. The molecule has 0 aromatic heterocycles. The highest BCUT2D eigenvalue weighted by molar-refractivity contribution is 5.86. The van der Waals surface area contributed by atoms with Gasteiger partial charge in [-0.1, -0.05) is 78.9 Å². The number of hydrogen-bond acceptors (Lipinski definition) is 1. The number of fused-ring (bicyclic) bond motifs is 4.